The Morgan fingerprint density at radius 2 is 1.07 bits per heavy atom. The van der Waals surface area contributed by atoms with Crippen molar-refractivity contribution in [1.82, 2.24) is 39.9 Å². The van der Waals surface area contributed by atoms with Crippen molar-refractivity contribution < 1.29 is 9.68 Å². The number of hydrogen-bond acceptors (Lipinski definition) is 12. The lowest BCUT2D eigenvalue weighted by Gasteiger charge is -2.01. The molecule has 0 unspecified atom stereocenters. The standard InChI is InChI=1S/C21H19N5O.C11H12N2O.C10H8ClN3/c1-15-7-4-10-19(23-15)17(3)26-27-14-6-9-18-12-13-22-21(25-18)20-11-5-8-16(2)24-20;1-4-8-14-13-10(3)11-7-5-6-9(2)12-11;1-7-3-2-4-8(13-7)10-12-6-5-9(11)14-10/h4-5,7-8,10-13H,14H2,1-3H3;1,5-7H,8H2,2-3H3;2-6H,1H3/b26-17+;13-10+;. The number of rotatable bonds is 8. The molecule has 0 saturated heterocycles. The third kappa shape index (κ3) is 14.2. The third-order valence-electron chi connectivity index (χ3n) is 6.93. The second kappa shape index (κ2) is 21.6. The molecule has 0 saturated carbocycles. The molecule has 0 radical (unpaired) electrons. The molecular weight excluding hydrogens is 712 g/mol. The molecule has 6 aromatic rings. The summed E-state index contributed by atoms with van der Waals surface area (Å²) < 4.78 is 0. The highest BCUT2D eigenvalue weighted by atomic mass is 35.5. The van der Waals surface area contributed by atoms with E-state index in [1.54, 1.807) is 24.5 Å². The van der Waals surface area contributed by atoms with Crippen LogP contribution >= 0.6 is 11.6 Å². The molecule has 0 aliphatic rings. The maximum atomic E-state index is 5.76. The second-order valence-corrected chi connectivity index (χ2v) is 11.9. The highest BCUT2D eigenvalue weighted by Crippen LogP contribution is 2.14. The number of aryl methyl sites for hydroxylation is 4. The van der Waals surface area contributed by atoms with Crippen LogP contribution in [0, 0.1) is 51.9 Å². The first-order valence-corrected chi connectivity index (χ1v) is 17.3. The predicted octanol–water partition coefficient (Wildman–Crippen LogP) is 7.61. The van der Waals surface area contributed by atoms with Crippen LogP contribution in [-0.2, 0) is 9.68 Å². The Morgan fingerprint density at radius 3 is 1.56 bits per heavy atom. The van der Waals surface area contributed by atoms with Crippen molar-refractivity contribution in [1.29, 1.82) is 0 Å². The Labute approximate surface area is 326 Å². The van der Waals surface area contributed by atoms with Gasteiger partial charge in [0.15, 0.2) is 24.9 Å². The molecule has 0 atom stereocenters. The van der Waals surface area contributed by atoms with Crippen molar-refractivity contribution in [3.63, 3.8) is 0 Å². The van der Waals surface area contributed by atoms with Gasteiger partial charge in [-0.25, -0.2) is 29.9 Å². The van der Waals surface area contributed by atoms with Gasteiger partial charge in [0.2, 0.25) is 0 Å². The molecular formula is C42H39ClN10O2. The number of terminal acetylenes is 1. The van der Waals surface area contributed by atoms with Gasteiger partial charge in [0.25, 0.3) is 0 Å². The molecule has 0 aliphatic heterocycles. The van der Waals surface area contributed by atoms with Gasteiger partial charge >= 0.3 is 0 Å². The van der Waals surface area contributed by atoms with E-state index in [1.807, 2.05) is 114 Å². The summed E-state index contributed by atoms with van der Waals surface area (Å²) in [5.41, 5.74) is 8.83. The van der Waals surface area contributed by atoms with Crippen LogP contribution in [-0.4, -0.2) is 64.5 Å². The lowest BCUT2D eigenvalue weighted by molar-refractivity contribution is 0.179. The summed E-state index contributed by atoms with van der Waals surface area (Å²) in [7, 11) is 0. The molecule has 0 amide bonds. The van der Waals surface area contributed by atoms with Gasteiger partial charge in [-0.15, -0.1) is 6.42 Å². The highest BCUT2D eigenvalue weighted by molar-refractivity contribution is 6.29. The van der Waals surface area contributed by atoms with E-state index < -0.39 is 0 Å². The number of oxime groups is 2. The fraction of sp³-hybridized carbons (Fsp3) is 0.190. The van der Waals surface area contributed by atoms with Crippen molar-refractivity contribution >= 4 is 23.0 Å². The second-order valence-electron chi connectivity index (χ2n) is 11.5. The maximum Gasteiger partial charge on any atom is 0.179 e. The molecule has 0 spiro atoms. The summed E-state index contributed by atoms with van der Waals surface area (Å²) in [5, 5.41) is 8.32. The van der Waals surface area contributed by atoms with E-state index in [9.17, 15) is 0 Å². The first-order valence-electron chi connectivity index (χ1n) is 16.9. The van der Waals surface area contributed by atoms with Crippen LogP contribution in [0.15, 0.2) is 108 Å². The van der Waals surface area contributed by atoms with E-state index >= 15 is 0 Å². The topological polar surface area (TPSA) is 146 Å². The Kier molecular flexibility index (Phi) is 16.0. The first-order chi connectivity index (χ1) is 26.6. The van der Waals surface area contributed by atoms with Crippen molar-refractivity contribution in [2.45, 2.75) is 41.5 Å². The molecule has 0 N–H and O–H groups in total. The quantitative estimate of drug-likeness (QED) is 0.0501. The Balaban J connectivity index is 0.000000202. The predicted molar refractivity (Wildman–Crippen MR) is 215 cm³/mol. The van der Waals surface area contributed by atoms with Gasteiger partial charge in [-0.1, -0.05) is 58.0 Å². The minimum absolute atomic E-state index is 0.158. The van der Waals surface area contributed by atoms with Crippen LogP contribution in [0.25, 0.3) is 23.0 Å². The van der Waals surface area contributed by atoms with Crippen LogP contribution < -0.4 is 0 Å². The summed E-state index contributed by atoms with van der Waals surface area (Å²) in [6.07, 6.45) is 8.31. The van der Waals surface area contributed by atoms with Crippen molar-refractivity contribution in [3.05, 3.63) is 142 Å². The first kappa shape index (κ1) is 40.9. The van der Waals surface area contributed by atoms with E-state index in [0.717, 1.165) is 51.3 Å². The van der Waals surface area contributed by atoms with Gasteiger partial charge in [0.05, 0.1) is 11.4 Å². The molecule has 13 heteroatoms. The summed E-state index contributed by atoms with van der Waals surface area (Å²) in [6.45, 7) is 11.7. The van der Waals surface area contributed by atoms with E-state index in [0.29, 0.717) is 28.2 Å². The zero-order valence-electron chi connectivity index (χ0n) is 31.4. The molecule has 0 fully saturated rings. The van der Waals surface area contributed by atoms with Crippen LogP contribution in [0.3, 0.4) is 0 Å². The maximum absolute atomic E-state index is 5.76. The molecule has 0 aliphatic carbocycles. The monoisotopic (exact) mass is 750 g/mol. The number of pyridine rings is 4. The van der Waals surface area contributed by atoms with Gasteiger partial charge < -0.3 is 9.68 Å². The Morgan fingerprint density at radius 1 is 0.600 bits per heavy atom. The molecule has 0 aromatic carbocycles. The van der Waals surface area contributed by atoms with Crippen LogP contribution in [0.1, 0.15) is 53.7 Å². The van der Waals surface area contributed by atoms with E-state index in [-0.39, 0.29) is 13.2 Å². The third-order valence-corrected chi connectivity index (χ3v) is 7.14. The van der Waals surface area contributed by atoms with Crippen LogP contribution in [0.5, 0.6) is 0 Å². The molecule has 6 rings (SSSR count). The molecule has 276 valence electrons. The van der Waals surface area contributed by atoms with Gasteiger partial charge in [0.1, 0.15) is 33.7 Å². The molecule has 12 nitrogen and oxygen atoms in total. The zero-order chi connectivity index (χ0) is 39.4. The smallest absolute Gasteiger partial charge is 0.179 e. The lowest BCUT2D eigenvalue weighted by atomic mass is 10.2. The Hall–Kier alpha value is -6.89. The molecule has 6 heterocycles. The number of nitrogens with zero attached hydrogens (tertiary/aromatic N) is 10. The highest BCUT2D eigenvalue weighted by Gasteiger charge is 2.05. The largest absolute Gasteiger partial charge is 0.382 e. The van der Waals surface area contributed by atoms with Gasteiger partial charge in [-0.2, -0.15) is 0 Å². The summed E-state index contributed by atoms with van der Waals surface area (Å²) in [6, 6.07) is 26.3. The summed E-state index contributed by atoms with van der Waals surface area (Å²) >= 11 is 5.76. The SMILES string of the molecule is C#CCO/N=C(\C)c1cccc(C)n1.C/C(=N\OCC#Cc1ccnc(-c2cccc(C)n2)n1)c1cccc(C)n1.Cc1cccc(-c2nccc(Cl)n2)n1. The minimum atomic E-state index is 0.158. The number of hydrogen-bond donors (Lipinski definition) is 0. The van der Waals surface area contributed by atoms with Gasteiger partial charge in [0, 0.05) is 35.2 Å². The van der Waals surface area contributed by atoms with Crippen LogP contribution in [0.2, 0.25) is 5.15 Å². The van der Waals surface area contributed by atoms with Crippen molar-refractivity contribution in [2.75, 3.05) is 13.2 Å². The minimum Gasteiger partial charge on any atom is -0.382 e. The lowest BCUT2D eigenvalue weighted by Crippen LogP contribution is -2.01. The normalized spacial score (nSPS) is 10.7. The van der Waals surface area contributed by atoms with Crippen molar-refractivity contribution in [3.8, 4) is 47.2 Å². The molecule has 0 bridgehead atoms. The number of halogens is 1. The van der Waals surface area contributed by atoms with E-state index in [4.69, 9.17) is 27.7 Å². The average molecular weight is 751 g/mol. The van der Waals surface area contributed by atoms with Crippen LogP contribution in [0.4, 0.5) is 0 Å². The molecule has 6 aromatic heterocycles. The van der Waals surface area contributed by atoms with Gasteiger partial charge in [-0.3, -0.25) is 9.97 Å². The molecule has 55 heavy (non-hydrogen) atoms. The number of aromatic nitrogens is 8. The van der Waals surface area contributed by atoms with E-state index in [1.165, 1.54) is 0 Å². The summed E-state index contributed by atoms with van der Waals surface area (Å²) in [4.78, 5) is 44.4. The fourth-order valence-electron chi connectivity index (χ4n) is 4.38. The summed E-state index contributed by atoms with van der Waals surface area (Å²) in [5.74, 6) is 9.29. The Bertz CT molecular complexity index is 2320. The van der Waals surface area contributed by atoms with Gasteiger partial charge in [-0.05, 0) is 108 Å². The van der Waals surface area contributed by atoms with Crippen molar-refractivity contribution in [2.24, 2.45) is 10.3 Å². The fourth-order valence-corrected chi connectivity index (χ4v) is 4.52. The van der Waals surface area contributed by atoms with E-state index in [2.05, 4.69) is 67.9 Å². The zero-order valence-corrected chi connectivity index (χ0v) is 32.2. The average Bonchev–Trinajstić information content (AvgIpc) is 3.18.